The van der Waals surface area contributed by atoms with Crippen molar-refractivity contribution in [1.82, 2.24) is 9.55 Å². The van der Waals surface area contributed by atoms with E-state index in [1.807, 2.05) is 12.3 Å². The van der Waals surface area contributed by atoms with Crippen LogP contribution in [0.5, 0.6) is 11.5 Å². The molecule has 0 unspecified atom stereocenters. The zero-order valence-corrected chi connectivity index (χ0v) is 40.8. The molecule has 0 radical (unpaired) electrons. The van der Waals surface area contributed by atoms with Crippen LogP contribution in [0, 0.1) is 24.2 Å². The maximum Gasteiger partial charge on any atom is 0.135 e. The Labute approximate surface area is 379 Å². The first kappa shape index (κ1) is 44.2. The van der Waals surface area contributed by atoms with Gasteiger partial charge in [0.15, 0.2) is 0 Å². The van der Waals surface area contributed by atoms with Crippen LogP contribution < -0.4 is 14.5 Å². The number of pyridine rings is 1. The van der Waals surface area contributed by atoms with Crippen molar-refractivity contribution in [3.8, 4) is 17.3 Å². The first-order chi connectivity index (χ1) is 28.0. The van der Waals surface area contributed by atoms with Crippen LogP contribution in [0.15, 0.2) is 109 Å². The Kier molecular flexibility index (Phi) is 11.2. The molecular formula is C55H61N4OPt-3. The molecule has 0 bridgehead atoms. The Morgan fingerprint density at radius 1 is 0.541 bits per heavy atom. The molecule has 0 saturated carbocycles. The average molecular weight is 989 g/mol. The minimum Gasteiger partial charge on any atom is -0.509 e. The van der Waals surface area contributed by atoms with Crippen molar-refractivity contribution in [3.05, 3.63) is 150 Å². The number of hydrogen-bond acceptors (Lipinski definition) is 4. The van der Waals surface area contributed by atoms with E-state index in [9.17, 15) is 0 Å². The SMILES string of the molecule is CC(C)(C)c1cc(Oc2[c-]c3c(cc2)c2ccccc2n3-c2cc(C(C)(C)C(C)(C)C)ccn2)[c-]c(N2[CH-]N(c3cccc(C(C)(C)C)c3)c3cc(C(C)(C)C)ccc32)c1.[Pt]. The van der Waals surface area contributed by atoms with Gasteiger partial charge in [0.05, 0.1) is 0 Å². The quantitative estimate of drug-likeness (QED) is 0.156. The number of hydrogen-bond donors (Lipinski definition) is 0. The molecule has 61 heavy (non-hydrogen) atoms. The van der Waals surface area contributed by atoms with E-state index in [1.165, 1.54) is 16.7 Å². The topological polar surface area (TPSA) is 33.5 Å². The van der Waals surface area contributed by atoms with Crippen LogP contribution in [0.2, 0.25) is 0 Å². The standard InChI is InChI=1S/C55H61N4O.Pt/c1-51(2,3)36-18-17-19-40(28-36)57-35-58(47-25-22-37(31-49(47)57)52(4,5)6)41-29-39(53(7,8)9)30-43(33-41)60-42-23-24-45-44-20-15-16-21-46(44)59(48(45)34-42)50-32-38(26-27-56-50)55(13,14)54(10,11)12;/h15-32,35H,1-14H3;/q-3;. The second-order valence-electron chi connectivity index (χ2n) is 21.3. The maximum absolute atomic E-state index is 6.85. The third-order valence-electron chi connectivity index (χ3n) is 12.9. The molecule has 0 amide bonds. The summed E-state index contributed by atoms with van der Waals surface area (Å²) in [5.74, 6) is 2.12. The predicted octanol–water partition coefficient (Wildman–Crippen LogP) is 15.2. The van der Waals surface area contributed by atoms with Gasteiger partial charge in [-0.3, -0.25) is 0 Å². The number of para-hydroxylation sites is 1. The van der Waals surface area contributed by atoms with Crippen molar-refractivity contribution in [3.63, 3.8) is 0 Å². The summed E-state index contributed by atoms with van der Waals surface area (Å²) in [4.78, 5) is 9.53. The van der Waals surface area contributed by atoms with Gasteiger partial charge in [-0.1, -0.05) is 139 Å². The van der Waals surface area contributed by atoms with E-state index < -0.39 is 0 Å². The fourth-order valence-electron chi connectivity index (χ4n) is 7.95. The van der Waals surface area contributed by atoms with Crippen molar-refractivity contribution in [2.75, 3.05) is 9.80 Å². The molecule has 0 saturated heterocycles. The summed E-state index contributed by atoms with van der Waals surface area (Å²) in [6, 6.07) is 44.7. The Morgan fingerprint density at radius 3 is 1.92 bits per heavy atom. The van der Waals surface area contributed by atoms with E-state index in [-0.39, 0.29) is 48.1 Å². The second-order valence-corrected chi connectivity index (χ2v) is 21.3. The fraction of sp³-hybridized carbons (Fsp3) is 0.345. The molecule has 7 aromatic rings. The van der Waals surface area contributed by atoms with E-state index in [0.717, 1.165) is 55.9 Å². The molecule has 0 atom stereocenters. The van der Waals surface area contributed by atoms with E-state index >= 15 is 0 Å². The summed E-state index contributed by atoms with van der Waals surface area (Å²) < 4.78 is 9.08. The van der Waals surface area contributed by atoms with Crippen LogP contribution in [0.25, 0.3) is 27.6 Å². The van der Waals surface area contributed by atoms with Gasteiger partial charge in [-0.2, -0.15) is 6.07 Å². The first-order valence-electron chi connectivity index (χ1n) is 21.4. The van der Waals surface area contributed by atoms with E-state index in [2.05, 4.69) is 227 Å². The van der Waals surface area contributed by atoms with E-state index in [1.54, 1.807) is 0 Å². The van der Waals surface area contributed by atoms with Crippen LogP contribution >= 0.6 is 0 Å². The van der Waals surface area contributed by atoms with Crippen LogP contribution in [0.1, 0.15) is 119 Å². The van der Waals surface area contributed by atoms with Gasteiger partial charge in [0, 0.05) is 61.3 Å². The summed E-state index contributed by atoms with van der Waals surface area (Å²) in [5, 5.41) is 2.25. The smallest absolute Gasteiger partial charge is 0.135 e. The molecular weight excluding hydrogens is 928 g/mol. The Balaban J connectivity index is 0.00000561. The third kappa shape index (κ3) is 8.28. The number of anilines is 4. The largest absolute Gasteiger partial charge is 0.509 e. The Hall–Kier alpha value is -4.86. The number of fused-ring (bicyclic) bond motifs is 4. The van der Waals surface area contributed by atoms with Crippen LogP contribution in [-0.4, -0.2) is 9.55 Å². The molecule has 2 aromatic heterocycles. The summed E-state index contributed by atoms with van der Waals surface area (Å²) in [7, 11) is 0. The van der Waals surface area contributed by atoms with Gasteiger partial charge in [0.25, 0.3) is 0 Å². The van der Waals surface area contributed by atoms with Gasteiger partial charge < -0.3 is 19.1 Å². The molecule has 0 spiro atoms. The molecule has 320 valence electrons. The second kappa shape index (κ2) is 15.5. The van der Waals surface area contributed by atoms with Crippen molar-refractivity contribution in [1.29, 1.82) is 0 Å². The van der Waals surface area contributed by atoms with Crippen LogP contribution in [0.3, 0.4) is 0 Å². The molecule has 5 nitrogen and oxygen atoms in total. The van der Waals surface area contributed by atoms with E-state index in [4.69, 9.17) is 9.72 Å². The van der Waals surface area contributed by atoms with Crippen molar-refractivity contribution in [2.45, 2.75) is 119 Å². The molecule has 3 heterocycles. The first-order valence-corrected chi connectivity index (χ1v) is 21.4. The van der Waals surface area contributed by atoms with Crippen molar-refractivity contribution < 1.29 is 25.8 Å². The normalized spacial score (nSPS) is 13.8. The average Bonchev–Trinajstić information content (AvgIpc) is 3.72. The maximum atomic E-state index is 6.85. The van der Waals surface area contributed by atoms with Gasteiger partial charge in [0.2, 0.25) is 0 Å². The summed E-state index contributed by atoms with van der Waals surface area (Å²) in [5.41, 5.74) is 11.1. The molecule has 0 aliphatic carbocycles. The molecule has 6 heteroatoms. The third-order valence-corrected chi connectivity index (χ3v) is 12.9. The zero-order chi connectivity index (χ0) is 43.2. The molecule has 1 aliphatic rings. The van der Waals surface area contributed by atoms with Crippen LogP contribution in [0.4, 0.5) is 22.7 Å². The summed E-state index contributed by atoms with van der Waals surface area (Å²) in [6.45, 7) is 34.1. The monoisotopic (exact) mass is 988 g/mol. The number of ether oxygens (including phenoxy) is 1. The van der Waals surface area contributed by atoms with Crippen molar-refractivity contribution >= 4 is 44.6 Å². The molecule has 1 aliphatic heterocycles. The van der Waals surface area contributed by atoms with Gasteiger partial charge in [0.1, 0.15) is 5.82 Å². The van der Waals surface area contributed by atoms with Gasteiger partial charge >= 0.3 is 0 Å². The molecule has 0 N–H and O–H groups in total. The van der Waals surface area contributed by atoms with Crippen molar-refractivity contribution in [2.24, 2.45) is 5.41 Å². The minimum absolute atomic E-state index is 0. The molecule has 0 fully saturated rings. The number of benzene rings is 5. The van der Waals surface area contributed by atoms with Gasteiger partial charge in [-0.25, -0.2) is 4.98 Å². The van der Waals surface area contributed by atoms with E-state index in [0.29, 0.717) is 11.5 Å². The summed E-state index contributed by atoms with van der Waals surface area (Å²) >= 11 is 0. The zero-order valence-electron chi connectivity index (χ0n) is 38.5. The Morgan fingerprint density at radius 2 is 1.23 bits per heavy atom. The van der Waals surface area contributed by atoms with Gasteiger partial charge in [-0.15, -0.1) is 53.6 Å². The number of aromatic nitrogens is 2. The fourth-order valence-corrected chi connectivity index (χ4v) is 7.95. The van der Waals surface area contributed by atoms with Crippen LogP contribution in [-0.2, 0) is 42.7 Å². The van der Waals surface area contributed by atoms with Gasteiger partial charge in [-0.05, 0) is 91.6 Å². The Bertz CT molecular complexity index is 2750. The molecule has 5 aromatic carbocycles. The number of rotatable bonds is 6. The molecule has 8 rings (SSSR count). The predicted molar refractivity (Wildman–Crippen MR) is 253 cm³/mol. The minimum atomic E-state index is -0.154. The summed E-state index contributed by atoms with van der Waals surface area (Å²) in [6.07, 6.45) is 1.94. The number of nitrogens with zero attached hydrogens (tertiary/aromatic N) is 4.